The van der Waals surface area contributed by atoms with Crippen LogP contribution in [0.1, 0.15) is 5.56 Å². The average molecular weight is 142 g/mol. The highest BCUT2D eigenvalue weighted by Gasteiger charge is 1.81. The van der Waals surface area contributed by atoms with E-state index in [1.54, 1.807) is 6.07 Å². The van der Waals surface area contributed by atoms with Crippen molar-refractivity contribution < 1.29 is 0 Å². The summed E-state index contributed by atoms with van der Waals surface area (Å²) < 4.78 is 0. The van der Waals surface area contributed by atoms with Gasteiger partial charge in [0.15, 0.2) is 0 Å². The van der Waals surface area contributed by atoms with Crippen molar-refractivity contribution >= 4 is 12.4 Å². The summed E-state index contributed by atoms with van der Waals surface area (Å²) in [4.78, 5) is 0. The Morgan fingerprint density at radius 1 is 1.44 bits per heavy atom. The molecular weight excluding hydrogens is 138 g/mol. The Morgan fingerprint density at radius 3 is 2.56 bits per heavy atom. The van der Waals surface area contributed by atoms with Crippen LogP contribution in [0, 0.1) is 11.3 Å². The van der Waals surface area contributed by atoms with Crippen molar-refractivity contribution in [1.82, 2.24) is 10.2 Å². The SMILES string of the molecule is Cl.N#Cc1ccnnc1. The van der Waals surface area contributed by atoms with Crippen LogP contribution in [0.5, 0.6) is 0 Å². The Labute approximate surface area is 58.7 Å². The van der Waals surface area contributed by atoms with Gasteiger partial charge in [0.05, 0.1) is 18.0 Å². The van der Waals surface area contributed by atoms with Crippen molar-refractivity contribution in [3.05, 3.63) is 24.0 Å². The second-order valence-electron chi connectivity index (χ2n) is 1.24. The number of hydrogen-bond donors (Lipinski definition) is 0. The maximum atomic E-state index is 8.22. The van der Waals surface area contributed by atoms with Gasteiger partial charge in [0.1, 0.15) is 6.07 Å². The topological polar surface area (TPSA) is 49.6 Å². The zero-order chi connectivity index (χ0) is 5.82. The molecule has 0 fully saturated rings. The summed E-state index contributed by atoms with van der Waals surface area (Å²) in [6.45, 7) is 0. The zero-order valence-corrected chi connectivity index (χ0v) is 5.30. The highest BCUT2D eigenvalue weighted by molar-refractivity contribution is 5.85. The molecule has 0 amide bonds. The van der Waals surface area contributed by atoms with Crippen LogP contribution in [0.3, 0.4) is 0 Å². The Bertz CT molecular complexity index is 203. The molecule has 1 aromatic rings. The van der Waals surface area contributed by atoms with Gasteiger partial charge in [-0.25, -0.2) is 0 Å². The fourth-order valence-corrected chi connectivity index (χ4v) is 0.357. The predicted molar refractivity (Wildman–Crippen MR) is 34.0 cm³/mol. The molecule has 3 nitrogen and oxygen atoms in total. The molecule has 1 heterocycles. The van der Waals surface area contributed by atoms with Crippen LogP contribution in [0.15, 0.2) is 18.5 Å². The highest BCUT2D eigenvalue weighted by Crippen LogP contribution is 1.86. The highest BCUT2D eigenvalue weighted by atomic mass is 35.5. The van der Waals surface area contributed by atoms with E-state index in [0.29, 0.717) is 5.56 Å². The number of rotatable bonds is 0. The van der Waals surface area contributed by atoms with Gasteiger partial charge >= 0.3 is 0 Å². The molecule has 0 aliphatic rings. The summed E-state index contributed by atoms with van der Waals surface area (Å²) in [5.41, 5.74) is 0.542. The van der Waals surface area contributed by atoms with Gasteiger partial charge in [0.25, 0.3) is 0 Å². The molecule has 0 saturated carbocycles. The van der Waals surface area contributed by atoms with Crippen LogP contribution in [0.25, 0.3) is 0 Å². The maximum absolute atomic E-state index is 8.22. The molecule has 1 rings (SSSR count). The molecule has 0 atom stereocenters. The van der Waals surface area contributed by atoms with Gasteiger partial charge in [-0.05, 0) is 6.07 Å². The third-order valence-corrected chi connectivity index (χ3v) is 0.713. The predicted octanol–water partition coefficient (Wildman–Crippen LogP) is 0.770. The van der Waals surface area contributed by atoms with Crippen molar-refractivity contribution in [2.45, 2.75) is 0 Å². The fraction of sp³-hybridized carbons (Fsp3) is 0. The second kappa shape index (κ2) is 3.81. The lowest BCUT2D eigenvalue weighted by molar-refractivity contribution is 1.02. The second-order valence-corrected chi connectivity index (χ2v) is 1.24. The van der Waals surface area contributed by atoms with Gasteiger partial charge in [-0.1, -0.05) is 0 Å². The lowest BCUT2D eigenvalue weighted by atomic mass is 10.4. The Balaban J connectivity index is 0.000000640. The first-order chi connectivity index (χ1) is 3.93. The molecule has 0 unspecified atom stereocenters. The molecule has 9 heavy (non-hydrogen) atoms. The van der Waals surface area contributed by atoms with Gasteiger partial charge in [-0.15, -0.1) is 12.4 Å². The van der Waals surface area contributed by atoms with Crippen molar-refractivity contribution in [2.24, 2.45) is 0 Å². The van der Waals surface area contributed by atoms with Crippen molar-refractivity contribution in [2.75, 3.05) is 0 Å². The van der Waals surface area contributed by atoms with Crippen LogP contribution in [-0.2, 0) is 0 Å². The molecule has 0 aliphatic heterocycles. The Morgan fingerprint density at radius 2 is 2.22 bits per heavy atom. The standard InChI is InChI=1S/C5H3N3.ClH/c6-3-5-1-2-7-8-4-5;/h1-2,4H;1H. The largest absolute Gasteiger partial charge is 0.192 e. The molecule has 0 radical (unpaired) electrons. The van der Waals surface area contributed by atoms with Gasteiger partial charge in [0, 0.05) is 0 Å². The fourth-order valence-electron chi connectivity index (χ4n) is 0.357. The van der Waals surface area contributed by atoms with Gasteiger partial charge < -0.3 is 0 Å². The van der Waals surface area contributed by atoms with Gasteiger partial charge in [-0.3, -0.25) is 0 Å². The first kappa shape index (κ1) is 7.86. The van der Waals surface area contributed by atoms with E-state index in [0.717, 1.165) is 0 Å². The van der Waals surface area contributed by atoms with Crippen LogP contribution in [0.4, 0.5) is 0 Å². The number of aromatic nitrogens is 2. The molecule has 0 spiro atoms. The van der Waals surface area contributed by atoms with E-state index in [-0.39, 0.29) is 12.4 Å². The minimum absolute atomic E-state index is 0. The summed E-state index contributed by atoms with van der Waals surface area (Å²) in [7, 11) is 0. The van der Waals surface area contributed by atoms with E-state index in [4.69, 9.17) is 5.26 Å². The van der Waals surface area contributed by atoms with E-state index in [1.165, 1.54) is 12.4 Å². The molecule has 4 heteroatoms. The minimum atomic E-state index is 0. The third-order valence-electron chi connectivity index (χ3n) is 0.713. The van der Waals surface area contributed by atoms with E-state index in [9.17, 15) is 0 Å². The normalized spacial score (nSPS) is 7.00. The molecule has 0 bridgehead atoms. The molecular formula is C5H4ClN3. The zero-order valence-electron chi connectivity index (χ0n) is 4.48. The first-order valence-electron chi connectivity index (χ1n) is 2.10. The molecule has 0 aliphatic carbocycles. The minimum Gasteiger partial charge on any atom is -0.192 e. The van der Waals surface area contributed by atoms with Crippen LogP contribution in [-0.4, -0.2) is 10.2 Å². The van der Waals surface area contributed by atoms with Gasteiger partial charge in [0.2, 0.25) is 0 Å². The number of halogens is 1. The number of hydrogen-bond acceptors (Lipinski definition) is 3. The lowest BCUT2D eigenvalue weighted by Gasteiger charge is -1.78. The Hall–Kier alpha value is -1.14. The summed E-state index contributed by atoms with van der Waals surface area (Å²) in [6.07, 6.45) is 2.90. The summed E-state index contributed by atoms with van der Waals surface area (Å²) in [5, 5.41) is 15.2. The number of nitriles is 1. The Kier molecular flexibility index (Phi) is 3.33. The smallest absolute Gasteiger partial charge is 0.101 e. The summed E-state index contributed by atoms with van der Waals surface area (Å²) in [5.74, 6) is 0. The van der Waals surface area contributed by atoms with Crippen molar-refractivity contribution in [3.63, 3.8) is 0 Å². The monoisotopic (exact) mass is 141 g/mol. The average Bonchev–Trinajstić information content (AvgIpc) is 1.90. The van der Waals surface area contributed by atoms with E-state index in [1.807, 2.05) is 6.07 Å². The molecule has 0 aromatic carbocycles. The summed E-state index contributed by atoms with van der Waals surface area (Å²) >= 11 is 0. The van der Waals surface area contributed by atoms with Crippen LogP contribution in [0.2, 0.25) is 0 Å². The van der Waals surface area contributed by atoms with Crippen LogP contribution < -0.4 is 0 Å². The molecule has 46 valence electrons. The maximum Gasteiger partial charge on any atom is 0.101 e. The first-order valence-corrected chi connectivity index (χ1v) is 2.10. The molecule has 0 N–H and O–H groups in total. The quantitative estimate of drug-likeness (QED) is 0.536. The third kappa shape index (κ3) is 2.06. The van der Waals surface area contributed by atoms with Crippen molar-refractivity contribution in [3.8, 4) is 6.07 Å². The summed E-state index contributed by atoms with van der Waals surface area (Å²) in [6, 6.07) is 3.53. The number of nitrogens with zero attached hydrogens (tertiary/aromatic N) is 3. The van der Waals surface area contributed by atoms with E-state index in [2.05, 4.69) is 10.2 Å². The van der Waals surface area contributed by atoms with E-state index >= 15 is 0 Å². The van der Waals surface area contributed by atoms with Crippen LogP contribution >= 0.6 is 12.4 Å². The van der Waals surface area contributed by atoms with Gasteiger partial charge in [-0.2, -0.15) is 15.5 Å². The lowest BCUT2D eigenvalue weighted by Crippen LogP contribution is -1.78. The molecule has 0 saturated heterocycles. The van der Waals surface area contributed by atoms with E-state index < -0.39 is 0 Å². The molecule has 1 aromatic heterocycles. The van der Waals surface area contributed by atoms with Crippen molar-refractivity contribution in [1.29, 1.82) is 5.26 Å².